The third kappa shape index (κ3) is 76.9. The number of carbonyl (C=O) groups excluding carboxylic acids is 4. The van der Waals surface area contributed by atoms with Crippen LogP contribution >= 0.6 is 15.6 Å². The smallest absolute Gasteiger partial charge is 0.462 e. The summed E-state index contributed by atoms with van der Waals surface area (Å²) in [6, 6.07) is 0. The number of rotatable bonds is 75. The fraction of sp³-hybridized carbons (Fsp3) is 0.655. The number of unbranched alkanes of at least 4 members (excludes halogenated alkanes) is 23. The molecule has 0 spiro atoms. The molecule has 0 aromatic rings. The lowest BCUT2D eigenvalue weighted by Crippen LogP contribution is -2.30. The number of phosphoric ester groups is 2. The molecule has 0 heterocycles. The van der Waals surface area contributed by atoms with E-state index in [2.05, 4.69) is 167 Å². The number of hydrogen-bond acceptors (Lipinski definition) is 15. The number of aliphatic hydroxyl groups excluding tert-OH is 1. The Morgan fingerprint density at radius 1 is 0.274 bits per heavy atom. The monoisotopic (exact) mass is 1520 g/mol. The summed E-state index contributed by atoms with van der Waals surface area (Å²) >= 11 is 0. The molecule has 0 aliphatic rings. The Balaban J connectivity index is 5.46. The third-order valence-corrected chi connectivity index (χ3v) is 18.4. The van der Waals surface area contributed by atoms with Crippen molar-refractivity contribution in [1.82, 2.24) is 0 Å². The number of aliphatic hydroxyl groups is 1. The molecular formula is C87H144O17P2. The van der Waals surface area contributed by atoms with E-state index in [1.165, 1.54) is 64.2 Å². The van der Waals surface area contributed by atoms with Gasteiger partial charge in [-0.2, -0.15) is 0 Å². The zero-order valence-corrected chi connectivity index (χ0v) is 67.8. The maximum atomic E-state index is 13.1. The fourth-order valence-electron chi connectivity index (χ4n) is 10.3. The second kappa shape index (κ2) is 77.8. The van der Waals surface area contributed by atoms with E-state index < -0.39 is 97.5 Å². The molecule has 106 heavy (non-hydrogen) atoms. The zero-order valence-electron chi connectivity index (χ0n) is 66.1. The van der Waals surface area contributed by atoms with Crippen LogP contribution in [0.2, 0.25) is 0 Å². The molecule has 17 nitrogen and oxygen atoms in total. The van der Waals surface area contributed by atoms with E-state index in [0.29, 0.717) is 32.1 Å². The van der Waals surface area contributed by atoms with Crippen LogP contribution in [0, 0.1) is 0 Å². The van der Waals surface area contributed by atoms with Gasteiger partial charge in [-0.15, -0.1) is 0 Å². The van der Waals surface area contributed by atoms with E-state index in [0.717, 1.165) is 161 Å². The number of ether oxygens (including phenoxy) is 4. The van der Waals surface area contributed by atoms with Gasteiger partial charge in [-0.05, 0) is 161 Å². The molecule has 0 saturated carbocycles. The average molecular weight is 1520 g/mol. The van der Waals surface area contributed by atoms with Gasteiger partial charge in [-0.1, -0.05) is 282 Å². The first-order chi connectivity index (χ1) is 51.7. The Kier molecular flexibility index (Phi) is 73.9. The molecule has 0 amide bonds. The van der Waals surface area contributed by atoms with Gasteiger partial charge in [0.1, 0.15) is 19.3 Å². The van der Waals surface area contributed by atoms with Crippen molar-refractivity contribution in [2.45, 2.75) is 329 Å². The average Bonchev–Trinajstić information content (AvgIpc) is 0.933. The van der Waals surface area contributed by atoms with Crippen LogP contribution in [0.25, 0.3) is 0 Å². The number of carbonyl (C=O) groups is 4. The van der Waals surface area contributed by atoms with Crippen molar-refractivity contribution in [3.63, 3.8) is 0 Å². The lowest BCUT2D eigenvalue weighted by atomic mass is 10.1. The van der Waals surface area contributed by atoms with Crippen LogP contribution in [0.1, 0.15) is 310 Å². The molecule has 0 bridgehead atoms. The van der Waals surface area contributed by atoms with Crippen LogP contribution in [-0.2, 0) is 65.4 Å². The SMILES string of the molecule is CC/C=C\C/C=C\C/C=C\C/C=C\C/C=C\C/C=C\CCC(=O)OCC(COP(=O)(O)OCC(O)COP(=O)(O)OCC(COC(=O)CCCCC/C=C\C/C=C\C/C=C\C/C=C\C/C=C\CC)OC(=O)CCCCCCC/C=C\CCCCCC)OC(=O)CCCCCCC/C=C\CCCCCCCC. The molecule has 604 valence electrons. The third-order valence-electron chi connectivity index (χ3n) is 16.5. The van der Waals surface area contributed by atoms with Crippen molar-refractivity contribution in [3.05, 3.63) is 158 Å². The van der Waals surface area contributed by atoms with Crippen LogP contribution in [0.15, 0.2) is 158 Å². The summed E-state index contributed by atoms with van der Waals surface area (Å²) in [5.41, 5.74) is 0. The molecule has 0 rings (SSSR count). The van der Waals surface area contributed by atoms with Gasteiger partial charge in [-0.3, -0.25) is 37.3 Å². The van der Waals surface area contributed by atoms with E-state index in [4.69, 9.17) is 37.0 Å². The lowest BCUT2D eigenvalue weighted by molar-refractivity contribution is -0.161. The molecule has 0 fully saturated rings. The van der Waals surface area contributed by atoms with E-state index in [1.807, 2.05) is 18.2 Å². The predicted molar refractivity (Wildman–Crippen MR) is 436 cm³/mol. The highest BCUT2D eigenvalue weighted by atomic mass is 31.2. The second-order valence-corrected chi connectivity index (χ2v) is 29.5. The lowest BCUT2D eigenvalue weighted by Gasteiger charge is -2.21. The largest absolute Gasteiger partial charge is 0.472 e. The van der Waals surface area contributed by atoms with Gasteiger partial charge in [0.2, 0.25) is 0 Å². The summed E-state index contributed by atoms with van der Waals surface area (Å²) in [6.07, 6.45) is 90.9. The number of allylic oxidation sites excluding steroid dienone is 26. The van der Waals surface area contributed by atoms with Crippen molar-refractivity contribution in [2.24, 2.45) is 0 Å². The Morgan fingerprint density at radius 3 is 0.840 bits per heavy atom. The van der Waals surface area contributed by atoms with Gasteiger partial charge in [0.15, 0.2) is 12.2 Å². The summed E-state index contributed by atoms with van der Waals surface area (Å²) < 4.78 is 68.5. The Hall–Kier alpha value is -5.32. The van der Waals surface area contributed by atoms with Crippen LogP contribution in [0.4, 0.5) is 0 Å². The number of phosphoric acid groups is 2. The maximum absolute atomic E-state index is 13.1. The summed E-state index contributed by atoms with van der Waals surface area (Å²) in [4.78, 5) is 73.0. The number of hydrogen-bond donors (Lipinski definition) is 3. The summed E-state index contributed by atoms with van der Waals surface area (Å²) in [5, 5.41) is 10.6. The highest BCUT2D eigenvalue weighted by Crippen LogP contribution is 2.45. The van der Waals surface area contributed by atoms with E-state index >= 15 is 0 Å². The van der Waals surface area contributed by atoms with Crippen molar-refractivity contribution in [2.75, 3.05) is 39.6 Å². The number of esters is 4. The maximum Gasteiger partial charge on any atom is 0.472 e. The zero-order chi connectivity index (χ0) is 77.4. The van der Waals surface area contributed by atoms with Gasteiger partial charge in [0.05, 0.1) is 26.4 Å². The Bertz CT molecular complexity index is 2630. The topological polar surface area (TPSA) is 237 Å². The second-order valence-electron chi connectivity index (χ2n) is 26.6. The molecule has 5 atom stereocenters. The molecule has 0 aliphatic carbocycles. The van der Waals surface area contributed by atoms with Crippen molar-refractivity contribution in [1.29, 1.82) is 0 Å². The predicted octanol–water partition coefficient (Wildman–Crippen LogP) is 24.0. The molecule has 5 unspecified atom stereocenters. The molecule has 0 radical (unpaired) electrons. The first-order valence-electron chi connectivity index (χ1n) is 40.7. The van der Waals surface area contributed by atoms with E-state index in [-0.39, 0.29) is 25.7 Å². The molecule has 0 aromatic carbocycles. The highest BCUT2D eigenvalue weighted by Gasteiger charge is 2.30. The standard InChI is InChI=1S/C87H144O17P2/c1-5-9-13-17-21-25-29-33-36-38-40-42-45-48-51-55-59-63-67-71-84(89)97-77-82(103-86(91)73-69-65-61-57-53-47-32-28-24-20-16-12-8-4)79-101-105(93,94)99-75-81(88)76-100-106(95,96)102-80-83(104-87(92)74-70-66-62-58-54-50-44-35-31-27-23-19-15-11-7-3)78-98-85(90)72-68-64-60-56-52-49-46-43-41-39-37-34-30-26-22-18-14-10-6-2/h9-10,13-14,21-22,25-26,28,32-37,40-44,48-49,51-52,60,64,81-83,88H,5-8,11-12,15-20,23-24,27,29-31,38-39,45-47,50,53-59,61-63,65-80H2,1-4H3,(H,93,94)(H,95,96)/b13-9-,14-10-,25-21-,26-22-,32-28-,36-33-,37-34-,42-40-,43-41-,44-35-,51-48-,52-49-,64-60-. The van der Waals surface area contributed by atoms with Crippen LogP contribution in [-0.4, -0.2) is 96.7 Å². The highest BCUT2D eigenvalue weighted by molar-refractivity contribution is 7.47. The van der Waals surface area contributed by atoms with Crippen LogP contribution < -0.4 is 0 Å². The quantitative estimate of drug-likeness (QED) is 0.0169. The van der Waals surface area contributed by atoms with Gasteiger partial charge >= 0.3 is 39.5 Å². The van der Waals surface area contributed by atoms with Crippen molar-refractivity contribution in [3.8, 4) is 0 Å². The fourth-order valence-corrected chi connectivity index (χ4v) is 11.9. The van der Waals surface area contributed by atoms with Gasteiger partial charge in [-0.25, -0.2) is 9.13 Å². The molecule has 0 aromatic heterocycles. The molecule has 3 N–H and O–H groups in total. The van der Waals surface area contributed by atoms with Crippen molar-refractivity contribution >= 4 is 39.5 Å². The Labute approximate surface area is 642 Å². The summed E-state index contributed by atoms with van der Waals surface area (Å²) in [7, 11) is -10.0. The summed E-state index contributed by atoms with van der Waals surface area (Å²) in [5.74, 6) is -2.33. The first-order valence-corrected chi connectivity index (χ1v) is 43.7. The molecular weight excluding hydrogens is 1380 g/mol. The molecule has 0 aliphatic heterocycles. The van der Waals surface area contributed by atoms with Gasteiger partial charge < -0.3 is 33.8 Å². The van der Waals surface area contributed by atoms with Crippen LogP contribution in [0.3, 0.4) is 0 Å². The molecule has 19 heteroatoms. The minimum absolute atomic E-state index is 0.0301. The minimum atomic E-state index is -5.00. The summed E-state index contributed by atoms with van der Waals surface area (Å²) in [6.45, 7) is 4.49. The van der Waals surface area contributed by atoms with E-state index in [1.54, 1.807) is 0 Å². The van der Waals surface area contributed by atoms with Crippen LogP contribution in [0.5, 0.6) is 0 Å². The normalized spacial score (nSPS) is 14.7. The van der Waals surface area contributed by atoms with Gasteiger partial charge in [0, 0.05) is 25.7 Å². The van der Waals surface area contributed by atoms with Crippen molar-refractivity contribution < 1.29 is 80.2 Å². The Morgan fingerprint density at radius 2 is 0.509 bits per heavy atom. The van der Waals surface area contributed by atoms with E-state index in [9.17, 15) is 43.2 Å². The minimum Gasteiger partial charge on any atom is -0.462 e. The molecule has 0 saturated heterocycles. The van der Waals surface area contributed by atoms with Gasteiger partial charge in [0.25, 0.3) is 0 Å². The first kappa shape index (κ1) is 101.